The monoisotopic (exact) mass is 338 g/mol. The predicted octanol–water partition coefficient (Wildman–Crippen LogP) is 1.82. The Hall–Kier alpha value is -1.89. The van der Waals surface area contributed by atoms with Gasteiger partial charge in [-0.05, 0) is 47.0 Å². The molecule has 20 heavy (non-hydrogen) atoms. The molecule has 1 aliphatic carbocycles. The summed E-state index contributed by atoms with van der Waals surface area (Å²) in [5.74, 6) is -0.351. The molecular formula is C13H11BrN2O4. The van der Waals surface area contributed by atoms with E-state index in [0.717, 1.165) is 4.90 Å². The number of carbonyl (C=O) groups excluding carboxylic acids is 3. The van der Waals surface area contributed by atoms with Crippen molar-refractivity contribution in [3.63, 3.8) is 0 Å². The molecule has 1 aromatic carbocycles. The number of nitrogens with one attached hydrogen (secondary N) is 1. The van der Waals surface area contributed by atoms with Crippen LogP contribution in [0.5, 0.6) is 5.75 Å². The predicted molar refractivity (Wildman–Crippen MR) is 73.4 cm³/mol. The second-order valence-corrected chi connectivity index (χ2v) is 5.66. The SMILES string of the molecule is COc1ccc(N2C(=O)NC(=O)C3(CC3)C2=O)cc1Br. The largest absolute Gasteiger partial charge is 0.496 e. The molecule has 7 heteroatoms. The number of ether oxygens (including phenoxy) is 1. The Balaban J connectivity index is 2.00. The number of halogens is 1. The van der Waals surface area contributed by atoms with Gasteiger partial charge in [-0.2, -0.15) is 0 Å². The summed E-state index contributed by atoms with van der Waals surface area (Å²) < 4.78 is 5.73. The van der Waals surface area contributed by atoms with Gasteiger partial charge in [-0.1, -0.05) is 0 Å². The van der Waals surface area contributed by atoms with E-state index >= 15 is 0 Å². The second-order valence-electron chi connectivity index (χ2n) is 4.80. The normalized spacial score (nSPS) is 20.1. The molecule has 1 saturated carbocycles. The van der Waals surface area contributed by atoms with Gasteiger partial charge in [0.1, 0.15) is 11.2 Å². The number of hydrogen-bond acceptors (Lipinski definition) is 4. The molecule has 0 bridgehead atoms. The van der Waals surface area contributed by atoms with Crippen molar-refractivity contribution in [2.75, 3.05) is 12.0 Å². The third-order valence-electron chi connectivity index (χ3n) is 3.61. The van der Waals surface area contributed by atoms with E-state index in [0.29, 0.717) is 28.8 Å². The lowest BCUT2D eigenvalue weighted by Crippen LogP contribution is -2.59. The minimum atomic E-state index is -1.04. The number of anilines is 1. The Bertz CT molecular complexity index is 639. The summed E-state index contributed by atoms with van der Waals surface area (Å²) in [6, 6.07) is 4.15. The number of methoxy groups -OCH3 is 1. The van der Waals surface area contributed by atoms with Gasteiger partial charge < -0.3 is 4.74 Å². The number of imide groups is 2. The van der Waals surface area contributed by atoms with Gasteiger partial charge in [0.2, 0.25) is 5.91 Å². The summed E-state index contributed by atoms with van der Waals surface area (Å²) in [6.45, 7) is 0. The van der Waals surface area contributed by atoms with Crippen molar-refractivity contribution in [1.82, 2.24) is 5.32 Å². The molecule has 104 valence electrons. The van der Waals surface area contributed by atoms with Crippen LogP contribution in [-0.2, 0) is 9.59 Å². The van der Waals surface area contributed by atoms with Gasteiger partial charge in [0.25, 0.3) is 5.91 Å². The van der Waals surface area contributed by atoms with Gasteiger partial charge in [0.05, 0.1) is 17.3 Å². The molecule has 4 amide bonds. The lowest BCUT2D eigenvalue weighted by atomic mass is 10.0. The van der Waals surface area contributed by atoms with Crippen molar-refractivity contribution in [2.24, 2.45) is 5.41 Å². The van der Waals surface area contributed by atoms with Gasteiger partial charge >= 0.3 is 6.03 Å². The third-order valence-corrected chi connectivity index (χ3v) is 4.23. The van der Waals surface area contributed by atoms with Crippen LogP contribution < -0.4 is 15.0 Å². The van der Waals surface area contributed by atoms with Crippen LogP contribution >= 0.6 is 15.9 Å². The second kappa shape index (κ2) is 4.31. The average Bonchev–Trinajstić information content (AvgIpc) is 3.19. The number of rotatable bonds is 2. The van der Waals surface area contributed by atoms with E-state index in [9.17, 15) is 14.4 Å². The number of nitrogens with zero attached hydrogens (tertiary/aromatic N) is 1. The number of urea groups is 1. The molecule has 2 fully saturated rings. The van der Waals surface area contributed by atoms with Crippen molar-refractivity contribution in [3.8, 4) is 5.75 Å². The lowest BCUT2D eigenvalue weighted by Gasteiger charge is -2.30. The van der Waals surface area contributed by atoms with Crippen molar-refractivity contribution >= 4 is 39.5 Å². The zero-order chi connectivity index (χ0) is 14.5. The minimum Gasteiger partial charge on any atom is -0.496 e. The molecule has 1 spiro atoms. The molecule has 1 heterocycles. The molecule has 0 radical (unpaired) electrons. The lowest BCUT2D eigenvalue weighted by molar-refractivity contribution is -0.136. The zero-order valence-corrected chi connectivity index (χ0v) is 12.2. The molecule has 1 saturated heterocycles. The fourth-order valence-electron chi connectivity index (χ4n) is 2.27. The van der Waals surface area contributed by atoms with Gasteiger partial charge in [-0.3, -0.25) is 14.9 Å². The first-order valence-corrected chi connectivity index (χ1v) is 6.82. The van der Waals surface area contributed by atoms with Crippen molar-refractivity contribution in [3.05, 3.63) is 22.7 Å². The number of barbiturate groups is 1. The molecule has 0 aromatic heterocycles. The summed E-state index contributed by atoms with van der Waals surface area (Å²) in [5, 5.41) is 2.24. The number of amides is 4. The van der Waals surface area contributed by atoms with Crippen LogP contribution in [0.4, 0.5) is 10.5 Å². The van der Waals surface area contributed by atoms with Crippen LogP contribution in [0.3, 0.4) is 0 Å². The molecule has 3 rings (SSSR count). The first-order chi connectivity index (χ1) is 9.49. The molecule has 1 aromatic rings. The highest BCUT2D eigenvalue weighted by atomic mass is 79.9. The topological polar surface area (TPSA) is 75.7 Å². The Morgan fingerprint density at radius 1 is 1.30 bits per heavy atom. The minimum absolute atomic E-state index is 0.402. The van der Waals surface area contributed by atoms with E-state index in [-0.39, 0.29) is 0 Å². The maximum absolute atomic E-state index is 12.4. The Kier molecular flexibility index (Phi) is 2.82. The summed E-state index contributed by atoms with van der Waals surface area (Å²) in [7, 11) is 1.52. The van der Waals surface area contributed by atoms with Gasteiger partial charge in [-0.25, -0.2) is 9.69 Å². The molecule has 0 atom stereocenters. The Morgan fingerprint density at radius 2 is 2.00 bits per heavy atom. The fraction of sp³-hybridized carbons (Fsp3) is 0.308. The van der Waals surface area contributed by atoms with Crippen LogP contribution in [0.2, 0.25) is 0 Å². The highest BCUT2D eigenvalue weighted by molar-refractivity contribution is 9.10. The maximum atomic E-state index is 12.4. The van der Waals surface area contributed by atoms with Crippen LogP contribution in [0.25, 0.3) is 0 Å². The molecule has 2 aliphatic rings. The first-order valence-electron chi connectivity index (χ1n) is 6.03. The number of hydrogen-bond donors (Lipinski definition) is 1. The van der Waals surface area contributed by atoms with E-state index in [1.165, 1.54) is 7.11 Å². The van der Waals surface area contributed by atoms with E-state index in [1.807, 2.05) is 0 Å². The third kappa shape index (κ3) is 1.73. The van der Waals surface area contributed by atoms with Crippen LogP contribution in [0, 0.1) is 5.41 Å². The quantitative estimate of drug-likeness (QED) is 0.834. The molecular weight excluding hydrogens is 328 g/mol. The van der Waals surface area contributed by atoms with Crippen molar-refractivity contribution < 1.29 is 19.1 Å². The van der Waals surface area contributed by atoms with Crippen LogP contribution in [-0.4, -0.2) is 25.0 Å². The van der Waals surface area contributed by atoms with E-state index < -0.39 is 23.3 Å². The molecule has 6 nitrogen and oxygen atoms in total. The number of benzene rings is 1. The van der Waals surface area contributed by atoms with E-state index in [4.69, 9.17) is 4.74 Å². The number of carbonyl (C=O) groups is 3. The summed E-state index contributed by atoms with van der Waals surface area (Å²) in [4.78, 5) is 37.1. The van der Waals surface area contributed by atoms with Crippen LogP contribution in [0.15, 0.2) is 22.7 Å². The average molecular weight is 339 g/mol. The molecule has 1 aliphatic heterocycles. The highest BCUT2D eigenvalue weighted by Crippen LogP contribution is 2.49. The zero-order valence-electron chi connectivity index (χ0n) is 10.6. The summed E-state index contributed by atoms with van der Waals surface area (Å²) in [5.41, 5.74) is -0.640. The highest BCUT2D eigenvalue weighted by Gasteiger charge is 2.62. The fourth-order valence-corrected chi connectivity index (χ4v) is 2.80. The van der Waals surface area contributed by atoms with Gasteiger partial charge in [0.15, 0.2) is 0 Å². The van der Waals surface area contributed by atoms with E-state index in [1.54, 1.807) is 18.2 Å². The molecule has 0 unspecified atom stereocenters. The first kappa shape index (κ1) is 13.1. The van der Waals surface area contributed by atoms with Crippen LogP contribution in [0.1, 0.15) is 12.8 Å². The van der Waals surface area contributed by atoms with E-state index in [2.05, 4.69) is 21.2 Å². The van der Waals surface area contributed by atoms with Crippen molar-refractivity contribution in [1.29, 1.82) is 0 Å². The van der Waals surface area contributed by atoms with Gasteiger partial charge in [-0.15, -0.1) is 0 Å². The molecule has 1 N–H and O–H groups in total. The Labute approximate surface area is 123 Å². The Morgan fingerprint density at radius 3 is 2.55 bits per heavy atom. The van der Waals surface area contributed by atoms with Crippen molar-refractivity contribution in [2.45, 2.75) is 12.8 Å². The summed E-state index contributed by atoms with van der Waals surface area (Å²) >= 11 is 3.31. The smallest absolute Gasteiger partial charge is 0.335 e. The standard InChI is InChI=1S/C13H11BrN2O4/c1-20-9-3-2-7(6-8(9)14)16-11(18)13(4-5-13)10(17)15-12(16)19/h2-3,6H,4-5H2,1H3,(H,15,17,19). The summed E-state index contributed by atoms with van der Waals surface area (Å²) in [6.07, 6.45) is 0.970. The maximum Gasteiger partial charge on any atom is 0.335 e. The van der Waals surface area contributed by atoms with Gasteiger partial charge in [0, 0.05) is 0 Å².